The Kier molecular flexibility index (Phi) is 2.96. The summed E-state index contributed by atoms with van der Waals surface area (Å²) in [5.41, 5.74) is 2.38. The van der Waals surface area contributed by atoms with Crippen LogP contribution in [0.4, 0.5) is 5.69 Å². The third-order valence-corrected chi connectivity index (χ3v) is 13.9. The average molecular weight is 260 g/mol. The fourth-order valence-corrected chi connectivity index (χ4v) is 17.3. The van der Waals surface area contributed by atoms with E-state index in [1.54, 1.807) is 0 Å². The van der Waals surface area contributed by atoms with Gasteiger partial charge in [-0.25, -0.2) is 0 Å². The van der Waals surface area contributed by atoms with E-state index in [0.29, 0.717) is 0 Å². The number of terminal acetylenes is 1. The summed E-state index contributed by atoms with van der Waals surface area (Å²) in [6.07, 6.45) is 5.41. The van der Waals surface area contributed by atoms with Crippen molar-refractivity contribution in [1.82, 2.24) is 0 Å². The van der Waals surface area contributed by atoms with Crippen LogP contribution in [-0.4, -0.2) is 16.5 Å². The molecule has 0 N–H and O–H groups in total. The number of hydrogen-bond donors (Lipinski definition) is 0. The molecule has 0 saturated carbocycles. The SMILES string of the molecule is C#Cc1ccc(N2[Si](C)(C)CC[Si]2(C)C)cc1. The minimum Gasteiger partial charge on any atom is -0.424 e. The first-order valence-electron chi connectivity index (χ1n) is 6.24. The number of anilines is 1. The van der Waals surface area contributed by atoms with Gasteiger partial charge >= 0.3 is 0 Å². The highest BCUT2D eigenvalue weighted by Gasteiger charge is 2.47. The summed E-state index contributed by atoms with van der Waals surface area (Å²) in [5, 5.41) is 0. The highest BCUT2D eigenvalue weighted by molar-refractivity contribution is 7.04. The van der Waals surface area contributed by atoms with Crippen molar-refractivity contribution in [2.75, 3.05) is 4.23 Å². The Morgan fingerprint density at radius 2 is 1.47 bits per heavy atom. The van der Waals surface area contributed by atoms with Gasteiger partial charge in [-0.15, -0.1) is 6.42 Å². The van der Waals surface area contributed by atoms with Crippen molar-refractivity contribution >= 4 is 22.2 Å². The number of rotatable bonds is 1. The Morgan fingerprint density at radius 3 is 1.88 bits per heavy atom. The maximum Gasteiger partial charge on any atom is 0.141 e. The van der Waals surface area contributed by atoms with Crippen LogP contribution in [-0.2, 0) is 0 Å². The summed E-state index contributed by atoms with van der Waals surface area (Å²) in [6, 6.07) is 11.4. The molecule has 0 atom stereocenters. The molecule has 0 aromatic heterocycles. The Morgan fingerprint density at radius 1 is 1.00 bits per heavy atom. The Bertz CT molecular complexity index is 438. The lowest BCUT2D eigenvalue weighted by molar-refractivity contribution is 1.35. The predicted molar refractivity (Wildman–Crippen MR) is 81.4 cm³/mol. The second kappa shape index (κ2) is 4.04. The number of benzene rings is 1. The molecule has 1 saturated heterocycles. The van der Waals surface area contributed by atoms with Crippen LogP contribution >= 0.6 is 0 Å². The molecular formula is C14H21NSi2. The molecular weight excluding hydrogens is 238 g/mol. The van der Waals surface area contributed by atoms with Crippen LogP contribution in [0.5, 0.6) is 0 Å². The highest BCUT2D eigenvalue weighted by Crippen LogP contribution is 2.40. The molecule has 0 radical (unpaired) electrons. The summed E-state index contributed by atoms with van der Waals surface area (Å²) in [6.45, 7) is 9.96. The normalized spacial score (nSPS) is 21.2. The summed E-state index contributed by atoms with van der Waals surface area (Å²) >= 11 is 0. The van der Waals surface area contributed by atoms with Gasteiger partial charge in [0.1, 0.15) is 16.5 Å². The molecule has 0 unspecified atom stereocenters. The second-order valence-corrected chi connectivity index (χ2v) is 15.7. The largest absolute Gasteiger partial charge is 0.424 e. The third-order valence-electron chi connectivity index (χ3n) is 3.85. The van der Waals surface area contributed by atoms with Gasteiger partial charge in [0.2, 0.25) is 0 Å². The van der Waals surface area contributed by atoms with Crippen LogP contribution in [0.2, 0.25) is 38.3 Å². The van der Waals surface area contributed by atoms with Gasteiger partial charge in [0.25, 0.3) is 0 Å². The molecule has 3 heteroatoms. The van der Waals surface area contributed by atoms with Crippen LogP contribution in [0.1, 0.15) is 5.56 Å². The lowest BCUT2D eigenvalue weighted by Gasteiger charge is -2.41. The van der Waals surface area contributed by atoms with Crippen LogP contribution in [0.25, 0.3) is 0 Å². The lowest BCUT2D eigenvalue weighted by atomic mass is 10.2. The van der Waals surface area contributed by atoms with Crippen LogP contribution in [0, 0.1) is 12.3 Å². The Labute approximate surface area is 107 Å². The molecule has 1 heterocycles. The van der Waals surface area contributed by atoms with Gasteiger partial charge in [0.15, 0.2) is 0 Å². The maximum absolute atomic E-state index is 5.41. The van der Waals surface area contributed by atoms with E-state index in [1.165, 1.54) is 17.8 Å². The molecule has 1 fully saturated rings. The van der Waals surface area contributed by atoms with E-state index in [9.17, 15) is 0 Å². The first-order chi connectivity index (χ1) is 7.87. The molecule has 1 aliphatic heterocycles. The highest BCUT2D eigenvalue weighted by atomic mass is 28.4. The first-order valence-corrected chi connectivity index (χ1v) is 12.5. The van der Waals surface area contributed by atoms with Crippen molar-refractivity contribution in [3.8, 4) is 12.3 Å². The summed E-state index contributed by atoms with van der Waals surface area (Å²) in [4.78, 5) is 0. The minimum absolute atomic E-state index is 0.979. The van der Waals surface area contributed by atoms with Crippen molar-refractivity contribution < 1.29 is 0 Å². The topological polar surface area (TPSA) is 3.24 Å². The van der Waals surface area contributed by atoms with Crippen molar-refractivity contribution in [1.29, 1.82) is 0 Å². The fraction of sp³-hybridized carbons (Fsp3) is 0.429. The van der Waals surface area contributed by atoms with Crippen molar-refractivity contribution in [3.63, 3.8) is 0 Å². The molecule has 2 rings (SSSR count). The predicted octanol–water partition coefficient (Wildman–Crippen LogP) is 3.90. The van der Waals surface area contributed by atoms with E-state index in [-0.39, 0.29) is 0 Å². The zero-order valence-electron chi connectivity index (χ0n) is 11.2. The number of hydrogen-bond acceptors (Lipinski definition) is 1. The van der Waals surface area contributed by atoms with E-state index in [0.717, 1.165) is 5.56 Å². The Balaban J connectivity index is 2.40. The van der Waals surface area contributed by atoms with Crippen molar-refractivity contribution in [2.45, 2.75) is 38.3 Å². The fourth-order valence-electron chi connectivity index (χ4n) is 3.06. The monoisotopic (exact) mass is 259 g/mol. The van der Waals surface area contributed by atoms with E-state index in [1.807, 2.05) is 0 Å². The zero-order valence-corrected chi connectivity index (χ0v) is 13.2. The molecule has 0 bridgehead atoms. The van der Waals surface area contributed by atoms with Gasteiger partial charge in [-0.2, -0.15) is 0 Å². The maximum atomic E-state index is 5.41. The van der Waals surface area contributed by atoms with Gasteiger partial charge < -0.3 is 4.23 Å². The average Bonchev–Trinajstić information content (AvgIpc) is 2.49. The summed E-state index contributed by atoms with van der Waals surface area (Å²) in [5.74, 6) is 2.69. The van der Waals surface area contributed by atoms with E-state index >= 15 is 0 Å². The van der Waals surface area contributed by atoms with Gasteiger partial charge in [-0.05, 0) is 36.4 Å². The molecule has 1 aliphatic rings. The van der Waals surface area contributed by atoms with E-state index in [2.05, 4.69) is 60.6 Å². The minimum atomic E-state index is -1.23. The van der Waals surface area contributed by atoms with Crippen molar-refractivity contribution in [3.05, 3.63) is 29.8 Å². The molecule has 1 nitrogen and oxygen atoms in total. The summed E-state index contributed by atoms with van der Waals surface area (Å²) in [7, 11) is -2.46. The van der Waals surface area contributed by atoms with Gasteiger partial charge in [0.05, 0.1) is 0 Å². The molecule has 0 amide bonds. The van der Waals surface area contributed by atoms with Crippen LogP contribution < -0.4 is 4.23 Å². The molecule has 0 spiro atoms. The smallest absolute Gasteiger partial charge is 0.141 e. The van der Waals surface area contributed by atoms with E-state index < -0.39 is 16.5 Å². The number of nitrogens with zero attached hydrogens (tertiary/aromatic N) is 1. The molecule has 1 aromatic rings. The standard InChI is InChI=1S/C14H21NSi2/c1-6-13-7-9-14(10-8-13)15-16(2,3)11-12-17(15,4)5/h1,7-10H,11-12H2,2-5H3. The second-order valence-electron chi connectivity index (χ2n) is 6.15. The summed E-state index contributed by atoms with van der Waals surface area (Å²) < 4.78 is 2.81. The molecule has 90 valence electrons. The molecule has 1 aromatic carbocycles. The van der Waals surface area contributed by atoms with Crippen LogP contribution in [0.15, 0.2) is 24.3 Å². The molecule has 17 heavy (non-hydrogen) atoms. The quantitative estimate of drug-likeness (QED) is 0.546. The third kappa shape index (κ3) is 2.20. The van der Waals surface area contributed by atoms with Gasteiger partial charge in [-0.3, -0.25) is 0 Å². The zero-order chi connectivity index (χ0) is 12.7. The van der Waals surface area contributed by atoms with E-state index in [4.69, 9.17) is 6.42 Å². The van der Waals surface area contributed by atoms with Crippen LogP contribution in [0.3, 0.4) is 0 Å². The molecule has 0 aliphatic carbocycles. The van der Waals surface area contributed by atoms with Gasteiger partial charge in [-0.1, -0.05) is 32.1 Å². The Hall–Kier alpha value is -0.986. The first kappa shape index (κ1) is 12.5. The van der Waals surface area contributed by atoms with Crippen molar-refractivity contribution in [2.24, 2.45) is 0 Å². The van der Waals surface area contributed by atoms with Gasteiger partial charge in [0, 0.05) is 11.3 Å². The lowest BCUT2D eigenvalue weighted by Crippen LogP contribution is -2.55.